The van der Waals surface area contributed by atoms with Crippen LogP contribution in [-0.4, -0.2) is 36.8 Å². The molecule has 11 heteroatoms. The van der Waals surface area contributed by atoms with Crippen LogP contribution in [0.5, 0.6) is 0 Å². The Hall–Kier alpha value is -3.37. The number of nitrogens with two attached hydrogens (primary N) is 3. The van der Waals surface area contributed by atoms with Crippen molar-refractivity contribution in [2.75, 3.05) is 11.1 Å². The van der Waals surface area contributed by atoms with Crippen LogP contribution < -0.4 is 22.5 Å². The van der Waals surface area contributed by atoms with Crippen molar-refractivity contribution in [1.29, 1.82) is 0 Å². The number of aryl methyl sites for hydroxylation is 2. The molecule has 0 aliphatic rings. The molecule has 7 N–H and O–H groups in total. The van der Waals surface area contributed by atoms with E-state index in [4.69, 9.17) is 17.2 Å². The van der Waals surface area contributed by atoms with Gasteiger partial charge in [-0.1, -0.05) is 0 Å². The van der Waals surface area contributed by atoms with Crippen LogP contribution in [0.25, 0.3) is 0 Å². The van der Waals surface area contributed by atoms with Gasteiger partial charge in [0.15, 0.2) is 23.0 Å². The molecule has 0 fully saturated rings. The second-order valence-electron chi connectivity index (χ2n) is 4.90. The standard InChI is InChI=1S/C8H12N4O2.C6H10N4O/c1-3-12-4-10-8(11-5(2)13)6(12)7(9)14;1-2-10-3-9-5(7)4(10)6(8)11/h4H,3H2,1-2H3,(H2,9,14)(H,11,13);3H,2,7H2,1H3,(H2,8,11). The molecule has 0 aliphatic carbocycles. The summed E-state index contributed by atoms with van der Waals surface area (Å²) in [6.45, 7) is 6.29. The van der Waals surface area contributed by atoms with Gasteiger partial charge >= 0.3 is 0 Å². The van der Waals surface area contributed by atoms with Crippen LogP contribution in [0.3, 0.4) is 0 Å². The second kappa shape index (κ2) is 8.47. The van der Waals surface area contributed by atoms with Crippen LogP contribution >= 0.6 is 0 Å². The van der Waals surface area contributed by atoms with E-state index in [0.717, 1.165) is 0 Å². The van der Waals surface area contributed by atoms with E-state index < -0.39 is 11.8 Å². The summed E-state index contributed by atoms with van der Waals surface area (Å²) in [5.41, 5.74) is 16.1. The number of hydrogen-bond acceptors (Lipinski definition) is 6. The molecule has 0 spiro atoms. The Bertz CT molecular complexity index is 777. The number of anilines is 2. The quantitative estimate of drug-likeness (QED) is 0.567. The predicted molar refractivity (Wildman–Crippen MR) is 91.6 cm³/mol. The van der Waals surface area contributed by atoms with Crippen molar-refractivity contribution in [2.24, 2.45) is 11.5 Å². The molecule has 0 saturated carbocycles. The molecule has 0 aromatic carbocycles. The van der Waals surface area contributed by atoms with Gasteiger partial charge in [-0.25, -0.2) is 9.97 Å². The minimum Gasteiger partial charge on any atom is -0.382 e. The van der Waals surface area contributed by atoms with Gasteiger partial charge in [0, 0.05) is 20.0 Å². The topological polar surface area (TPSA) is 177 Å². The van der Waals surface area contributed by atoms with Gasteiger partial charge in [0.2, 0.25) is 5.91 Å². The van der Waals surface area contributed by atoms with Crippen molar-refractivity contribution in [3.63, 3.8) is 0 Å². The Morgan fingerprint density at radius 2 is 1.48 bits per heavy atom. The van der Waals surface area contributed by atoms with Crippen molar-refractivity contribution in [1.82, 2.24) is 19.1 Å². The molecule has 0 aliphatic heterocycles. The molecule has 25 heavy (non-hydrogen) atoms. The third-order valence-electron chi connectivity index (χ3n) is 3.15. The summed E-state index contributed by atoms with van der Waals surface area (Å²) < 4.78 is 3.19. The Morgan fingerprint density at radius 1 is 1.00 bits per heavy atom. The van der Waals surface area contributed by atoms with E-state index in [1.165, 1.54) is 19.6 Å². The van der Waals surface area contributed by atoms with E-state index in [0.29, 0.717) is 13.1 Å². The fourth-order valence-electron chi connectivity index (χ4n) is 2.04. The van der Waals surface area contributed by atoms with E-state index in [-0.39, 0.29) is 28.9 Å². The number of rotatable bonds is 5. The molecule has 136 valence electrons. The van der Waals surface area contributed by atoms with E-state index in [9.17, 15) is 14.4 Å². The van der Waals surface area contributed by atoms with Crippen molar-refractivity contribution in [3.05, 3.63) is 24.0 Å². The first-order valence-electron chi connectivity index (χ1n) is 7.45. The molecule has 0 unspecified atom stereocenters. The summed E-state index contributed by atoms with van der Waals surface area (Å²) in [5.74, 6) is -1.02. The molecule has 3 amide bonds. The third kappa shape index (κ3) is 4.80. The van der Waals surface area contributed by atoms with Gasteiger partial charge in [-0.2, -0.15) is 0 Å². The monoisotopic (exact) mass is 350 g/mol. The highest BCUT2D eigenvalue weighted by molar-refractivity contribution is 6.00. The predicted octanol–water partition coefficient (Wildman–Crippen LogP) is -0.456. The zero-order chi connectivity index (χ0) is 19.1. The normalized spacial score (nSPS) is 9.88. The molecule has 0 atom stereocenters. The fraction of sp³-hybridized carbons (Fsp3) is 0.357. The number of imidazole rings is 2. The first-order chi connectivity index (χ1) is 11.7. The lowest BCUT2D eigenvalue weighted by Crippen LogP contribution is -2.19. The fourth-order valence-corrected chi connectivity index (χ4v) is 2.04. The molecule has 0 bridgehead atoms. The molecule has 2 aromatic heterocycles. The van der Waals surface area contributed by atoms with Crippen LogP contribution in [0.15, 0.2) is 12.7 Å². The zero-order valence-corrected chi connectivity index (χ0v) is 14.3. The van der Waals surface area contributed by atoms with E-state index in [1.807, 2.05) is 13.8 Å². The molecule has 2 rings (SSSR count). The molecular weight excluding hydrogens is 328 g/mol. The average Bonchev–Trinajstić information content (AvgIpc) is 3.10. The lowest BCUT2D eigenvalue weighted by molar-refractivity contribution is -0.114. The SMILES string of the molecule is CCn1cnc(N)c1C(N)=O.CCn1cnc(NC(C)=O)c1C(N)=O. The highest BCUT2D eigenvalue weighted by Crippen LogP contribution is 2.12. The van der Waals surface area contributed by atoms with Gasteiger partial charge < -0.3 is 31.7 Å². The number of primary amides is 2. The van der Waals surface area contributed by atoms with E-state index in [1.54, 1.807) is 9.13 Å². The highest BCUT2D eigenvalue weighted by Gasteiger charge is 2.15. The van der Waals surface area contributed by atoms with Gasteiger partial charge in [0.25, 0.3) is 11.8 Å². The van der Waals surface area contributed by atoms with E-state index in [2.05, 4.69) is 15.3 Å². The molecule has 2 aromatic rings. The molecule has 2 heterocycles. The molecule has 11 nitrogen and oxygen atoms in total. The number of nitrogens with one attached hydrogen (secondary N) is 1. The summed E-state index contributed by atoms with van der Waals surface area (Å²) in [6, 6.07) is 0. The largest absolute Gasteiger partial charge is 0.382 e. The summed E-state index contributed by atoms with van der Waals surface area (Å²) in [4.78, 5) is 40.2. The maximum atomic E-state index is 11.1. The lowest BCUT2D eigenvalue weighted by Gasteiger charge is -2.03. The summed E-state index contributed by atoms with van der Waals surface area (Å²) >= 11 is 0. The first kappa shape index (κ1) is 19.7. The maximum Gasteiger partial charge on any atom is 0.269 e. The number of amides is 3. The van der Waals surface area contributed by atoms with Crippen LogP contribution in [0.2, 0.25) is 0 Å². The number of nitrogen functional groups attached to an aromatic ring is 1. The zero-order valence-electron chi connectivity index (χ0n) is 14.3. The minimum absolute atomic E-state index is 0.194. The van der Waals surface area contributed by atoms with Crippen LogP contribution in [0, 0.1) is 0 Å². The van der Waals surface area contributed by atoms with Gasteiger partial charge in [-0.3, -0.25) is 14.4 Å². The Labute approximate surface area is 144 Å². The first-order valence-corrected chi connectivity index (χ1v) is 7.45. The Kier molecular flexibility index (Phi) is 6.67. The van der Waals surface area contributed by atoms with Crippen LogP contribution in [-0.2, 0) is 17.9 Å². The van der Waals surface area contributed by atoms with Gasteiger partial charge in [0.05, 0.1) is 12.7 Å². The second-order valence-corrected chi connectivity index (χ2v) is 4.90. The van der Waals surface area contributed by atoms with Crippen LogP contribution in [0.4, 0.5) is 11.6 Å². The lowest BCUT2D eigenvalue weighted by atomic mass is 10.4. The minimum atomic E-state index is -0.604. The number of aromatic nitrogens is 4. The number of carbonyl (C=O) groups excluding carboxylic acids is 3. The van der Waals surface area contributed by atoms with Crippen molar-refractivity contribution in [2.45, 2.75) is 33.9 Å². The van der Waals surface area contributed by atoms with Gasteiger partial charge in [-0.15, -0.1) is 0 Å². The maximum absolute atomic E-state index is 11.1. The van der Waals surface area contributed by atoms with Crippen molar-refractivity contribution < 1.29 is 14.4 Å². The Balaban J connectivity index is 0.000000257. The third-order valence-corrected chi connectivity index (χ3v) is 3.15. The summed E-state index contributed by atoms with van der Waals surface area (Å²) in [6.07, 6.45) is 2.96. The number of nitrogens with zero attached hydrogens (tertiary/aromatic N) is 4. The molecule has 0 saturated heterocycles. The molecular formula is C14H22N8O3. The smallest absolute Gasteiger partial charge is 0.269 e. The van der Waals surface area contributed by atoms with E-state index >= 15 is 0 Å². The summed E-state index contributed by atoms with van der Waals surface area (Å²) in [7, 11) is 0. The number of hydrogen-bond donors (Lipinski definition) is 4. The summed E-state index contributed by atoms with van der Waals surface area (Å²) in [5, 5.41) is 2.44. The van der Waals surface area contributed by atoms with Gasteiger partial charge in [-0.05, 0) is 13.8 Å². The number of carbonyl (C=O) groups is 3. The van der Waals surface area contributed by atoms with Crippen LogP contribution in [0.1, 0.15) is 41.7 Å². The van der Waals surface area contributed by atoms with Gasteiger partial charge in [0.1, 0.15) is 0 Å². The average molecular weight is 350 g/mol. The van der Waals surface area contributed by atoms with Crippen molar-refractivity contribution >= 4 is 29.4 Å². The Morgan fingerprint density at radius 3 is 1.88 bits per heavy atom. The van der Waals surface area contributed by atoms with Crippen molar-refractivity contribution in [3.8, 4) is 0 Å². The highest BCUT2D eigenvalue weighted by atomic mass is 16.2. The molecule has 0 radical (unpaired) electrons.